The third-order valence-electron chi connectivity index (χ3n) is 3.49. The van der Waals surface area contributed by atoms with Gasteiger partial charge in [-0.15, -0.1) is 11.8 Å². The standard InChI is InChI=1S/C15H21ClN2OS/c1-11(13-4-2-3-5-14(13)16)18-15(19)10-20-12-6-8-17-9-7-12/h2-5,11-12,17H,6-10H2,1H3,(H,18,19)/t11-/m0/s1. The molecule has 3 nitrogen and oxygen atoms in total. The van der Waals surface area contributed by atoms with E-state index in [1.807, 2.05) is 31.2 Å². The molecule has 0 saturated carbocycles. The summed E-state index contributed by atoms with van der Waals surface area (Å²) in [6.07, 6.45) is 2.30. The minimum Gasteiger partial charge on any atom is -0.349 e. The number of hydrogen-bond acceptors (Lipinski definition) is 3. The molecule has 0 aromatic heterocycles. The molecule has 1 aliphatic rings. The van der Waals surface area contributed by atoms with Crippen LogP contribution in [0.15, 0.2) is 24.3 Å². The summed E-state index contributed by atoms with van der Waals surface area (Å²) in [6.45, 7) is 4.10. The molecule has 2 rings (SSSR count). The van der Waals surface area contributed by atoms with Crippen LogP contribution in [0.4, 0.5) is 0 Å². The number of halogens is 1. The van der Waals surface area contributed by atoms with Crippen LogP contribution in [-0.4, -0.2) is 30.0 Å². The fraction of sp³-hybridized carbons (Fsp3) is 0.533. The summed E-state index contributed by atoms with van der Waals surface area (Å²) >= 11 is 7.90. The highest BCUT2D eigenvalue weighted by Gasteiger charge is 2.16. The van der Waals surface area contributed by atoms with Crippen molar-refractivity contribution in [1.29, 1.82) is 0 Å². The zero-order chi connectivity index (χ0) is 14.4. The maximum atomic E-state index is 12.0. The van der Waals surface area contributed by atoms with E-state index in [0.717, 1.165) is 31.5 Å². The van der Waals surface area contributed by atoms with E-state index in [1.165, 1.54) is 0 Å². The van der Waals surface area contributed by atoms with Gasteiger partial charge in [-0.2, -0.15) is 0 Å². The van der Waals surface area contributed by atoms with Gasteiger partial charge in [0.2, 0.25) is 5.91 Å². The van der Waals surface area contributed by atoms with Crippen LogP contribution in [0.2, 0.25) is 5.02 Å². The molecule has 1 aromatic carbocycles. The van der Waals surface area contributed by atoms with E-state index in [2.05, 4.69) is 10.6 Å². The monoisotopic (exact) mass is 312 g/mol. The van der Waals surface area contributed by atoms with Gasteiger partial charge in [-0.1, -0.05) is 29.8 Å². The number of carbonyl (C=O) groups is 1. The smallest absolute Gasteiger partial charge is 0.230 e. The highest BCUT2D eigenvalue weighted by atomic mass is 35.5. The van der Waals surface area contributed by atoms with E-state index in [9.17, 15) is 4.79 Å². The number of thioether (sulfide) groups is 1. The first kappa shape index (κ1) is 15.7. The first-order valence-electron chi connectivity index (χ1n) is 7.03. The Morgan fingerprint density at radius 3 is 2.85 bits per heavy atom. The summed E-state index contributed by atoms with van der Waals surface area (Å²) in [5.41, 5.74) is 0.967. The third-order valence-corrected chi connectivity index (χ3v) is 5.20. The normalized spacial score (nSPS) is 17.7. The molecular formula is C15H21ClN2OS. The lowest BCUT2D eigenvalue weighted by Crippen LogP contribution is -2.32. The zero-order valence-electron chi connectivity index (χ0n) is 11.7. The Bertz CT molecular complexity index is 449. The van der Waals surface area contributed by atoms with Gasteiger partial charge in [0.25, 0.3) is 0 Å². The van der Waals surface area contributed by atoms with Crippen molar-refractivity contribution >= 4 is 29.3 Å². The molecule has 0 unspecified atom stereocenters. The molecule has 0 bridgehead atoms. The summed E-state index contributed by atoms with van der Waals surface area (Å²) < 4.78 is 0. The van der Waals surface area contributed by atoms with Crippen LogP contribution in [0.1, 0.15) is 31.4 Å². The van der Waals surface area contributed by atoms with Gasteiger partial charge >= 0.3 is 0 Å². The van der Waals surface area contributed by atoms with Crippen molar-refractivity contribution in [2.45, 2.75) is 31.1 Å². The van der Waals surface area contributed by atoms with E-state index >= 15 is 0 Å². The van der Waals surface area contributed by atoms with Crippen molar-refractivity contribution < 1.29 is 4.79 Å². The van der Waals surface area contributed by atoms with Crippen molar-refractivity contribution in [2.75, 3.05) is 18.8 Å². The van der Waals surface area contributed by atoms with Gasteiger partial charge in [-0.3, -0.25) is 4.79 Å². The molecule has 0 aliphatic carbocycles. The van der Waals surface area contributed by atoms with Gasteiger partial charge in [0.1, 0.15) is 0 Å². The Labute approximate surface area is 129 Å². The van der Waals surface area contributed by atoms with Crippen LogP contribution in [-0.2, 0) is 4.79 Å². The molecule has 1 atom stereocenters. The average molecular weight is 313 g/mol. The molecule has 1 saturated heterocycles. The first-order chi connectivity index (χ1) is 9.66. The Hall–Kier alpha value is -0.710. The van der Waals surface area contributed by atoms with Crippen molar-refractivity contribution in [2.24, 2.45) is 0 Å². The second kappa shape index (κ2) is 7.91. The molecule has 1 aromatic rings. The fourth-order valence-electron chi connectivity index (χ4n) is 2.34. The third kappa shape index (κ3) is 4.69. The van der Waals surface area contributed by atoms with E-state index in [0.29, 0.717) is 16.0 Å². The van der Waals surface area contributed by atoms with Crippen molar-refractivity contribution in [1.82, 2.24) is 10.6 Å². The van der Waals surface area contributed by atoms with Crippen molar-refractivity contribution in [3.8, 4) is 0 Å². The highest BCUT2D eigenvalue weighted by molar-refractivity contribution is 8.00. The number of amides is 1. The second-order valence-corrected chi connectivity index (χ2v) is 6.77. The summed E-state index contributed by atoms with van der Waals surface area (Å²) in [5.74, 6) is 0.611. The quantitative estimate of drug-likeness (QED) is 0.878. The second-order valence-electron chi connectivity index (χ2n) is 5.07. The molecule has 110 valence electrons. The van der Waals surface area contributed by atoms with Crippen LogP contribution in [0.25, 0.3) is 0 Å². The Balaban J connectivity index is 1.77. The molecule has 2 N–H and O–H groups in total. The number of piperidine rings is 1. The van der Waals surface area contributed by atoms with E-state index in [-0.39, 0.29) is 11.9 Å². The number of benzene rings is 1. The van der Waals surface area contributed by atoms with Crippen LogP contribution < -0.4 is 10.6 Å². The Morgan fingerprint density at radius 1 is 1.45 bits per heavy atom. The minimum absolute atomic E-state index is 0.0511. The minimum atomic E-state index is -0.0511. The Kier molecular flexibility index (Phi) is 6.20. The topological polar surface area (TPSA) is 41.1 Å². The van der Waals surface area contributed by atoms with Gasteiger partial charge in [-0.05, 0) is 44.5 Å². The molecule has 0 radical (unpaired) electrons. The van der Waals surface area contributed by atoms with Gasteiger partial charge in [0, 0.05) is 10.3 Å². The largest absolute Gasteiger partial charge is 0.349 e. The van der Waals surface area contributed by atoms with E-state index < -0.39 is 0 Å². The molecule has 20 heavy (non-hydrogen) atoms. The molecule has 1 aliphatic heterocycles. The number of hydrogen-bond donors (Lipinski definition) is 2. The van der Waals surface area contributed by atoms with Crippen LogP contribution >= 0.6 is 23.4 Å². The van der Waals surface area contributed by atoms with Gasteiger partial charge < -0.3 is 10.6 Å². The highest BCUT2D eigenvalue weighted by Crippen LogP contribution is 2.23. The van der Waals surface area contributed by atoms with Crippen LogP contribution in [0.5, 0.6) is 0 Å². The predicted octanol–water partition coefficient (Wildman–Crippen LogP) is 3.00. The maximum Gasteiger partial charge on any atom is 0.230 e. The number of nitrogens with one attached hydrogen (secondary N) is 2. The lowest BCUT2D eigenvalue weighted by atomic mass is 10.1. The van der Waals surface area contributed by atoms with E-state index in [1.54, 1.807) is 11.8 Å². The summed E-state index contributed by atoms with van der Waals surface area (Å²) in [4.78, 5) is 12.0. The number of rotatable bonds is 5. The zero-order valence-corrected chi connectivity index (χ0v) is 13.3. The molecule has 5 heteroatoms. The molecule has 1 heterocycles. The van der Waals surface area contributed by atoms with E-state index in [4.69, 9.17) is 11.6 Å². The summed E-state index contributed by atoms with van der Waals surface area (Å²) in [6, 6.07) is 7.59. The average Bonchev–Trinajstić information content (AvgIpc) is 2.46. The summed E-state index contributed by atoms with van der Waals surface area (Å²) in [7, 11) is 0. The molecule has 1 fully saturated rings. The Morgan fingerprint density at radius 2 is 2.15 bits per heavy atom. The van der Waals surface area contributed by atoms with Crippen LogP contribution in [0, 0.1) is 0 Å². The molecular weight excluding hydrogens is 292 g/mol. The molecule has 0 spiro atoms. The van der Waals surface area contributed by atoms with Crippen molar-refractivity contribution in [3.63, 3.8) is 0 Å². The number of carbonyl (C=O) groups excluding carboxylic acids is 1. The molecule has 1 amide bonds. The lowest BCUT2D eigenvalue weighted by molar-refractivity contribution is -0.119. The summed E-state index contributed by atoms with van der Waals surface area (Å²) in [5, 5.41) is 7.66. The SMILES string of the molecule is C[C@H](NC(=O)CSC1CCNCC1)c1ccccc1Cl. The fourth-order valence-corrected chi connectivity index (χ4v) is 3.68. The van der Waals surface area contributed by atoms with Gasteiger partial charge in [0.05, 0.1) is 11.8 Å². The lowest BCUT2D eigenvalue weighted by Gasteiger charge is -2.22. The van der Waals surface area contributed by atoms with Crippen molar-refractivity contribution in [3.05, 3.63) is 34.9 Å². The van der Waals surface area contributed by atoms with Gasteiger partial charge in [-0.25, -0.2) is 0 Å². The maximum absolute atomic E-state index is 12.0. The predicted molar refractivity (Wildman–Crippen MR) is 86.4 cm³/mol. The van der Waals surface area contributed by atoms with Crippen LogP contribution in [0.3, 0.4) is 0 Å². The first-order valence-corrected chi connectivity index (χ1v) is 8.45. The van der Waals surface area contributed by atoms with Gasteiger partial charge in [0.15, 0.2) is 0 Å².